The van der Waals surface area contributed by atoms with Crippen LogP contribution in [-0.2, 0) is 11.8 Å². The molecule has 2 aromatic carbocycles. The molecule has 1 aromatic heterocycles. The Labute approximate surface area is 186 Å². The van der Waals surface area contributed by atoms with Crippen molar-refractivity contribution in [3.05, 3.63) is 95.1 Å². The van der Waals surface area contributed by atoms with Crippen molar-refractivity contribution in [3.63, 3.8) is 0 Å². The van der Waals surface area contributed by atoms with Crippen LogP contribution in [0.2, 0.25) is 0 Å². The molecule has 1 aliphatic rings. The number of amides is 2. The van der Waals surface area contributed by atoms with E-state index in [4.69, 9.17) is 0 Å². The maximum Gasteiger partial charge on any atom is 0.262 e. The van der Waals surface area contributed by atoms with Gasteiger partial charge < -0.3 is 9.47 Å². The first-order valence-corrected chi connectivity index (χ1v) is 10.4. The quantitative estimate of drug-likeness (QED) is 0.614. The standard InChI is InChI=1S/C25H25FN4O2/c1-17-9-11-18(12-10-17)23-15-21(22-8-5-13-28(22)2)27-30(23)24(31)16-29(3)25(32)19-6-4-7-20(26)14-19/h4-14,23H,15-16H2,1-3H3/t23-/m0/s1. The van der Waals surface area contributed by atoms with Crippen LogP contribution in [0.3, 0.4) is 0 Å². The van der Waals surface area contributed by atoms with E-state index in [-0.39, 0.29) is 24.1 Å². The van der Waals surface area contributed by atoms with E-state index < -0.39 is 11.7 Å². The second-order valence-electron chi connectivity index (χ2n) is 8.09. The lowest BCUT2D eigenvalue weighted by Crippen LogP contribution is -2.39. The fourth-order valence-corrected chi connectivity index (χ4v) is 3.89. The van der Waals surface area contributed by atoms with Crippen LogP contribution in [0.15, 0.2) is 72.0 Å². The van der Waals surface area contributed by atoms with Crippen molar-refractivity contribution >= 4 is 17.5 Å². The summed E-state index contributed by atoms with van der Waals surface area (Å²) in [5.41, 5.74) is 4.08. The Morgan fingerprint density at radius 2 is 1.88 bits per heavy atom. The van der Waals surface area contributed by atoms with Crippen LogP contribution in [0, 0.1) is 12.7 Å². The molecule has 2 amide bonds. The third-order valence-corrected chi connectivity index (χ3v) is 5.66. The molecule has 0 unspecified atom stereocenters. The largest absolute Gasteiger partial charge is 0.350 e. The highest BCUT2D eigenvalue weighted by atomic mass is 19.1. The number of hydrogen-bond acceptors (Lipinski definition) is 3. The third kappa shape index (κ3) is 4.32. The second kappa shape index (κ2) is 8.78. The minimum absolute atomic E-state index is 0.165. The summed E-state index contributed by atoms with van der Waals surface area (Å²) in [6.07, 6.45) is 2.52. The van der Waals surface area contributed by atoms with E-state index >= 15 is 0 Å². The van der Waals surface area contributed by atoms with Gasteiger partial charge in [0.2, 0.25) is 0 Å². The van der Waals surface area contributed by atoms with Crippen LogP contribution in [0.25, 0.3) is 0 Å². The van der Waals surface area contributed by atoms with Gasteiger partial charge in [0.05, 0.1) is 17.4 Å². The molecule has 0 fully saturated rings. The van der Waals surface area contributed by atoms with Crippen LogP contribution in [-0.4, -0.2) is 45.6 Å². The summed E-state index contributed by atoms with van der Waals surface area (Å²) in [6.45, 7) is 1.85. The minimum atomic E-state index is -0.494. The highest BCUT2D eigenvalue weighted by Crippen LogP contribution is 2.33. The van der Waals surface area contributed by atoms with Gasteiger partial charge in [-0.2, -0.15) is 5.10 Å². The van der Waals surface area contributed by atoms with E-state index in [1.807, 2.05) is 61.1 Å². The van der Waals surface area contributed by atoms with E-state index in [1.54, 1.807) is 0 Å². The first-order chi connectivity index (χ1) is 15.3. The molecule has 7 heteroatoms. The molecule has 0 bridgehead atoms. The van der Waals surface area contributed by atoms with Crippen LogP contribution in [0.5, 0.6) is 0 Å². The van der Waals surface area contributed by atoms with Crippen molar-refractivity contribution in [3.8, 4) is 0 Å². The SMILES string of the molecule is Cc1ccc([C@@H]2CC(c3cccn3C)=NN2C(=O)CN(C)C(=O)c2cccc(F)c2)cc1. The fourth-order valence-electron chi connectivity index (χ4n) is 3.89. The zero-order chi connectivity index (χ0) is 22.8. The molecule has 0 saturated carbocycles. The number of aryl methyl sites for hydroxylation is 2. The van der Waals surface area contributed by atoms with E-state index in [2.05, 4.69) is 5.10 Å². The number of rotatable bonds is 5. The average Bonchev–Trinajstić information content (AvgIpc) is 3.40. The van der Waals surface area contributed by atoms with Gasteiger partial charge in [-0.15, -0.1) is 0 Å². The maximum absolute atomic E-state index is 13.5. The first-order valence-electron chi connectivity index (χ1n) is 10.4. The lowest BCUT2D eigenvalue weighted by molar-refractivity contribution is -0.133. The molecule has 0 aliphatic carbocycles. The molecular formula is C25H25FN4O2. The zero-order valence-electron chi connectivity index (χ0n) is 18.3. The Kier molecular flexibility index (Phi) is 5.90. The lowest BCUT2D eigenvalue weighted by Gasteiger charge is -2.25. The Bertz CT molecular complexity index is 1180. The molecule has 1 aliphatic heterocycles. The topological polar surface area (TPSA) is 57.9 Å². The average molecular weight is 432 g/mol. The van der Waals surface area contributed by atoms with Gasteiger partial charge in [0.15, 0.2) is 0 Å². The Balaban J connectivity index is 1.58. The van der Waals surface area contributed by atoms with Gasteiger partial charge >= 0.3 is 0 Å². The molecule has 0 N–H and O–H groups in total. The summed E-state index contributed by atoms with van der Waals surface area (Å²) < 4.78 is 15.5. The van der Waals surface area contributed by atoms with Crippen LogP contribution in [0.1, 0.15) is 39.6 Å². The van der Waals surface area contributed by atoms with Gasteiger partial charge in [0, 0.05) is 32.3 Å². The monoisotopic (exact) mass is 432 g/mol. The van der Waals surface area contributed by atoms with Crippen molar-refractivity contribution in [1.29, 1.82) is 0 Å². The van der Waals surface area contributed by atoms with Crippen LogP contribution >= 0.6 is 0 Å². The van der Waals surface area contributed by atoms with Gasteiger partial charge in [0.25, 0.3) is 11.8 Å². The van der Waals surface area contributed by atoms with Gasteiger partial charge in [-0.25, -0.2) is 9.40 Å². The lowest BCUT2D eigenvalue weighted by atomic mass is 9.99. The predicted octanol–water partition coefficient (Wildman–Crippen LogP) is 3.92. The Morgan fingerprint density at radius 1 is 1.12 bits per heavy atom. The molecule has 3 aromatic rings. The summed E-state index contributed by atoms with van der Waals surface area (Å²) in [4.78, 5) is 27.2. The number of carbonyl (C=O) groups excluding carboxylic acids is 2. The van der Waals surface area contributed by atoms with Gasteiger partial charge in [-0.05, 0) is 42.8 Å². The highest BCUT2D eigenvalue weighted by molar-refractivity contribution is 6.02. The van der Waals surface area contributed by atoms with Crippen molar-refractivity contribution in [1.82, 2.24) is 14.5 Å². The summed E-state index contributed by atoms with van der Waals surface area (Å²) >= 11 is 0. The van der Waals surface area contributed by atoms with Gasteiger partial charge in [-0.3, -0.25) is 9.59 Å². The fraction of sp³-hybridized carbons (Fsp3) is 0.240. The molecule has 0 saturated heterocycles. The number of likely N-dealkylation sites (N-methyl/N-ethyl adjacent to an activating group) is 1. The molecule has 2 heterocycles. The molecule has 1 atom stereocenters. The van der Waals surface area contributed by atoms with Gasteiger partial charge in [0.1, 0.15) is 12.4 Å². The van der Waals surface area contributed by atoms with E-state index in [1.165, 1.54) is 41.2 Å². The molecular weight excluding hydrogens is 407 g/mol. The number of aromatic nitrogens is 1. The predicted molar refractivity (Wildman–Crippen MR) is 121 cm³/mol. The molecule has 164 valence electrons. The number of carbonyl (C=O) groups is 2. The van der Waals surface area contributed by atoms with E-state index in [0.717, 1.165) is 22.5 Å². The van der Waals surface area contributed by atoms with Crippen molar-refractivity contribution in [2.75, 3.05) is 13.6 Å². The summed E-state index contributed by atoms with van der Waals surface area (Å²) in [6, 6.07) is 17.1. The highest BCUT2D eigenvalue weighted by Gasteiger charge is 2.34. The van der Waals surface area contributed by atoms with Crippen LogP contribution < -0.4 is 0 Å². The summed E-state index contributed by atoms with van der Waals surface area (Å²) in [5, 5.41) is 6.13. The molecule has 0 spiro atoms. The number of hydrogen-bond donors (Lipinski definition) is 0. The molecule has 0 radical (unpaired) electrons. The second-order valence-corrected chi connectivity index (χ2v) is 8.09. The maximum atomic E-state index is 13.5. The van der Waals surface area contributed by atoms with Gasteiger partial charge in [-0.1, -0.05) is 35.9 Å². The number of halogens is 1. The number of hydrazone groups is 1. The minimum Gasteiger partial charge on any atom is -0.350 e. The number of nitrogens with zero attached hydrogens (tertiary/aromatic N) is 4. The van der Waals surface area contributed by atoms with Crippen molar-refractivity contribution in [2.45, 2.75) is 19.4 Å². The molecule has 6 nitrogen and oxygen atoms in total. The zero-order valence-corrected chi connectivity index (χ0v) is 18.3. The molecule has 32 heavy (non-hydrogen) atoms. The summed E-state index contributed by atoms with van der Waals surface area (Å²) in [5.74, 6) is -1.21. The first kappa shape index (κ1) is 21.5. The molecule has 4 rings (SSSR count). The van der Waals surface area contributed by atoms with Crippen molar-refractivity contribution < 1.29 is 14.0 Å². The Hall–Kier alpha value is -3.74. The normalized spacial score (nSPS) is 15.6. The van der Waals surface area contributed by atoms with E-state index in [9.17, 15) is 14.0 Å². The Morgan fingerprint density at radius 3 is 2.53 bits per heavy atom. The van der Waals surface area contributed by atoms with Crippen molar-refractivity contribution in [2.24, 2.45) is 12.1 Å². The summed E-state index contributed by atoms with van der Waals surface area (Å²) in [7, 11) is 3.47. The number of benzene rings is 2. The smallest absolute Gasteiger partial charge is 0.262 e. The van der Waals surface area contributed by atoms with Crippen LogP contribution in [0.4, 0.5) is 4.39 Å². The third-order valence-electron chi connectivity index (χ3n) is 5.66. The van der Waals surface area contributed by atoms with E-state index in [0.29, 0.717) is 6.42 Å².